The van der Waals surface area contributed by atoms with Gasteiger partial charge in [0.1, 0.15) is 17.5 Å². The molecular formula is C15H21ClFN3O3. The lowest BCUT2D eigenvalue weighted by Crippen LogP contribution is -2.54. The summed E-state index contributed by atoms with van der Waals surface area (Å²) < 4.78 is 19.5. The number of likely N-dealkylation sites (tertiary alicyclic amines) is 1. The second kappa shape index (κ2) is 6.78. The summed E-state index contributed by atoms with van der Waals surface area (Å²) in [5.41, 5.74) is -0.349. The molecule has 6 nitrogen and oxygen atoms in total. The molecule has 2 N–H and O–H groups in total. The minimum absolute atomic E-state index is 0.106. The highest BCUT2D eigenvalue weighted by atomic mass is 35.5. The number of ether oxygens (including phenoxy) is 1. The van der Waals surface area contributed by atoms with Crippen LogP contribution in [-0.4, -0.2) is 52.8 Å². The van der Waals surface area contributed by atoms with E-state index in [-0.39, 0.29) is 12.2 Å². The Morgan fingerprint density at radius 1 is 1.48 bits per heavy atom. The van der Waals surface area contributed by atoms with Gasteiger partial charge in [0.15, 0.2) is 0 Å². The van der Waals surface area contributed by atoms with Crippen molar-refractivity contribution in [3.05, 3.63) is 23.0 Å². The van der Waals surface area contributed by atoms with E-state index in [9.17, 15) is 14.0 Å². The summed E-state index contributed by atoms with van der Waals surface area (Å²) in [6, 6.07) is 0.822. The van der Waals surface area contributed by atoms with E-state index in [1.165, 1.54) is 17.2 Å². The Morgan fingerprint density at radius 3 is 2.70 bits per heavy atom. The van der Waals surface area contributed by atoms with Crippen LogP contribution in [0, 0.1) is 0 Å². The largest absolute Gasteiger partial charge is 0.444 e. The summed E-state index contributed by atoms with van der Waals surface area (Å²) in [6.45, 7) is 5.49. The van der Waals surface area contributed by atoms with Crippen molar-refractivity contribution in [3.63, 3.8) is 0 Å². The van der Waals surface area contributed by atoms with Crippen LogP contribution >= 0.6 is 11.6 Å². The first-order valence-corrected chi connectivity index (χ1v) is 7.80. The molecule has 1 aromatic heterocycles. The van der Waals surface area contributed by atoms with Gasteiger partial charge < -0.3 is 19.9 Å². The number of halogens is 2. The van der Waals surface area contributed by atoms with Crippen LogP contribution < -0.4 is 5.32 Å². The maximum Gasteiger partial charge on any atom is 0.410 e. The van der Waals surface area contributed by atoms with Crippen molar-refractivity contribution in [3.8, 4) is 0 Å². The third-order valence-corrected chi connectivity index (χ3v) is 3.62. The van der Waals surface area contributed by atoms with E-state index >= 15 is 0 Å². The maximum atomic E-state index is 14.3. The molecule has 1 aliphatic heterocycles. The highest BCUT2D eigenvalue weighted by molar-refractivity contribution is 6.30. The molecule has 2 atom stereocenters. The summed E-state index contributed by atoms with van der Waals surface area (Å²) in [4.78, 5) is 28.0. The van der Waals surface area contributed by atoms with Gasteiger partial charge in [-0.1, -0.05) is 11.6 Å². The maximum absolute atomic E-state index is 14.3. The zero-order valence-corrected chi connectivity index (χ0v) is 14.1. The van der Waals surface area contributed by atoms with Crippen LogP contribution in [0.3, 0.4) is 0 Å². The standard InChI is InChI=1S/C15H21ClFN3O3/c1-15(2,3)23-14(22)20-5-4-11(10(17)8-20)19-13(21)12-6-9(16)7-18-12/h6-7,10-11,18H,4-5,8H2,1-3H3,(H,19,21)/t10-,11?/m0/s1. The van der Waals surface area contributed by atoms with Crippen LogP contribution in [-0.2, 0) is 4.74 Å². The Balaban J connectivity index is 1.89. The van der Waals surface area contributed by atoms with E-state index in [0.29, 0.717) is 18.0 Å². The number of aromatic amines is 1. The fourth-order valence-corrected chi connectivity index (χ4v) is 2.47. The topological polar surface area (TPSA) is 74.4 Å². The SMILES string of the molecule is CC(C)(C)OC(=O)N1CCC(NC(=O)c2cc(Cl)c[nH]2)[C@@H](F)C1. The molecule has 1 aliphatic rings. The van der Waals surface area contributed by atoms with Crippen molar-refractivity contribution < 1.29 is 18.7 Å². The van der Waals surface area contributed by atoms with Gasteiger partial charge in [-0.3, -0.25) is 4.79 Å². The zero-order chi connectivity index (χ0) is 17.2. The number of rotatable bonds is 2. The van der Waals surface area contributed by atoms with E-state index < -0.39 is 29.8 Å². The average Bonchev–Trinajstić information content (AvgIpc) is 2.85. The summed E-state index contributed by atoms with van der Waals surface area (Å²) in [7, 11) is 0. The molecule has 1 aromatic rings. The smallest absolute Gasteiger partial charge is 0.410 e. The predicted molar refractivity (Wildman–Crippen MR) is 84.4 cm³/mol. The molecule has 2 heterocycles. The second-order valence-electron chi connectivity index (χ2n) is 6.54. The molecule has 1 unspecified atom stereocenters. The number of hydrogen-bond donors (Lipinski definition) is 2. The molecule has 0 radical (unpaired) electrons. The highest BCUT2D eigenvalue weighted by Gasteiger charge is 2.34. The monoisotopic (exact) mass is 345 g/mol. The van der Waals surface area contributed by atoms with E-state index in [1.807, 2.05) is 0 Å². The van der Waals surface area contributed by atoms with Gasteiger partial charge in [0.25, 0.3) is 5.91 Å². The molecule has 0 aliphatic carbocycles. The van der Waals surface area contributed by atoms with E-state index in [1.54, 1.807) is 20.8 Å². The van der Waals surface area contributed by atoms with Gasteiger partial charge in [-0.2, -0.15) is 0 Å². The first-order valence-electron chi connectivity index (χ1n) is 7.42. The van der Waals surface area contributed by atoms with Crippen LogP contribution in [0.5, 0.6) is 0 Å². The summed E-state index contributed by atoms with van der Waals surface area (Å²) in [5, 5.41) is 3.03. The Morgan fingerprint density at radius 2 is 2.17 bits per heavy atom. The van der Waals surface area contributed by atoms with Crippen molar-refractivity contribution in [2.45, 2.75) is 45.0 Å². The van der Waals surface area contributed by atoms with Crippen LogP contribution in [0.4, 0.5) is 9.18 Å². The highest BCUT2D eigenvalue weighted by Crippen LogP contribution is 2.18. The fourth-order valence-electron chi connectivity index (χ4n) is 2.30. The van der Waals surface area contributed by atoms with E-state index in [0.717, 1.165) is 0 Å². The number of alkyl halides is 1. The Kier molecular flexibility index (Phi) is 5.19. The minimum atomic E-state index is -1.36. The van der Waals surface area contributed by atoms with E-state index in [4.69, 9.17) is 16.3 Å². The minimum Gasteiger partial charge on any atom is -0.444 e. The molecule has 0 spiro atoms. The lowest BCUT2D eigenvalue weighted by Gasteiger charge is -2.35. The third kappa shape index (κ3) is 4.86. The molecule has 2 amide bonds. The van der Waals surface area contributed by atoms with Gasteiger partial charge >= 0.3 is 6.09 Å². The van der Waals surface area contributed by atoms with Gasteiger partial charge in [-0.15, -0.1) is 0 Å². The molecular weight excluding hydrogens is 325 g/mol. The van der Waals surface area contributed by atoms with Crippen molar-refractivity contribution in [1.29, 1.82) is 0 Å². The van der Waals surface area contributed by atoms with Crippen LogP contribution in [0.25, 0.3) is 0 Å². The first kappa shape index (κ1) is 17.6. The third-order valence-electron chi connectivity index (χ3n) is 3.40. The van der Waals surface area contributed by atoms with Crippen molar-refractivity contribution in [2.75, 3.05) is 13.1 Å². The molecule has 8 heteroatoms. The lowest BCUT2D eigenvalue weighted by atomic mass is 10.0. The number of nitrogens with one attached hydrogen (secondary N) is 2. The number of aromatic nitrogens is 1. The number of H-pyrrole nitrogens is 1. The van der Waals surface area contributed by atoms with Gasteiger partial charge in [0.05, 0.1) is 17.6 Å². The molecule has 1 fully saturated rings. The molecule has 2 rings (SSSR count). The Labute approximate surface area is 139 Å². The molecule has 0 saturated carbocycles. The summed E-state index contributed by atoms with van der Waals surface area (Å²) in [6.07, 6.45) is -0.0959. The Hall–Kier alpha value is -1.76. The average molecular weight is 346 g/mol. The fraction of sp³-hybridized carbons (Fsp3) is 0.600. The summed E-state index contributed by atoms with van der Waals surface area (Å²) in [5.74, 6) is -0.421. The number of amides is 2. The zero-order valence-electron chi connectivity index (χ0n) is 13.4. The van der Waals surface area contributed by atoms with Crippen molar-refractivity contribution >= 4 is 23.6 Å². The van der Waals surface area contributed by atoms with Crippen LogP contribution in [0.2, 0.25) is 5.02 Å². The van der Waals surface area contributed by atoms with Crippen molar-refractivity contribution in [1.82, 2.24) is 15.2 Å². The lowest BCUT2D eigenvalue weighted by molar-refractivity contribution is 0.00971. The van der Waals surface area contributed by atoms with Gasteiger partial charge in [0, 0.05) is 12.7 Å². The number of hydrogen-bond acceptors (Lipinski definition) is 3. The summed E-state index contributed by atoms with van der Waals surface area (Å²) >= 11 is 5.74. The Bertz CT molecular complexity index is 585. The number of piperidine rings is 1. The second-order valence-corrected chi connectivity index (χ2v) is 6.98. The van der Waals surface area contributed by atoms with Crippen LogP contribution in [0.15, 0.2) is 12.3 Å². The molecule has 1 saturated heterocycles. The quantitative estimate of drug-likeness (QED) is 0.865. The van der Waals surface area contributed by atoms with E-state index in [2.05, 4.69) is 10.3 Å². The number of nitrogens with zero attached hydrogens (tertiary/aromatic N) is 1. The van der Waals surface area contributed by atoms with Crippen LogP contribution in [0.1, 0.15) is 37.7 Å². The number of carbonyl (C=O) groups is 2. The van der Waals surface area contributed by atoms with Gasteiger partial charge in [-0.05, 0) is 33.3 Å². The molecule has 0 aromatic carbocycles. The molecule has 23 heavy (non-hydrogen) atoms. The first-order chi connectivity index (χ1) is 10.7. The number of carbonyl (C=O) groups excluding carboxylic acids is 2. The van der Waals surface area contributed by atoms with Gasteiger partial charge in [0.2, 0.25) is 0 Å². The normalized spacial score (nSPS) is 21.9. The van der Waals surface area contributed by atoms with Crippen molar-refractivity contribution in [2.24, 2.45) is 0 Å². The van der Waals surface area contributed by atoms with Gasteiger partial charge in [-0.25, -0.2) is 9.18 Å². The predicted octanol–water partition coefficient (Wildman–Crippen LogP) is 2.75. The molecule has 0 bridgehead atoms. The molecule has 128 valence electrons.